The first-order chi connectivity index (χ1) is 7.07. The molecule has 0 atom stereocenters. The Labute approximate surface area is 91.8 Å². The standard InChI is InChI=1S/C11H22N2O2/c1-4-5-6-10(14)12-7-8-13-11(15)9(2)3/h9H,4-8H2,1-3H3,(H,12,14)(H,13,15). The Kier molecular flexibility index (Phi) is 7.68. The fourth-order valence-electron chi connectivity index (χ4n) is 1.02. The van der Waals surface area contributed by atoms with E-state index in [1.807, 2.05) is 13.8 Å². The van der Waals surface area contributed by atoms with Gasteiger partial charge in [0.25, 0.3) is 0 Å². The minimum Gasteiger partial charge on any atom is -0.354 e. The maximum Gasteiger partial charge on any atom is 0.222 e. The molecule has 88 valence electrons. The molecule has 15 heavy (non-hydrogen) atoms. The van der Waals surface area contributed by atoms with Gasteiger partial charge in [0.2, 0.25) is 11.8 Å². The molecule has 0 unspecified atom stereocenters. The monoisotopic (exact) mass is 214 g/mol. The summed E-state index contributed by atoms with van der Waals surface area (Å²) in [4.78, 5) is 22.3. The first kappa shape index (κ1) is 13.9. The van der Waals surface area contributed by atoms with Gasteiger partial charge in [0.1, 0.15) is 0 Å². The molecule has 4 heteroatoms. The highest BCUT2D eigenvalue weighted by Gasteiger charge is 2.05. The minimum atomic E-state index is 0.000734. The summed E-state index contributed by atoms with van der Waals surface area (Å²) in [5.41, 5.74) is 0. The second-order valence-corrected chi connectivity index (χ2v) is 3.90. The summed E-state index contributed by atoms with van der Waals surface area (Å²) >= 11 is 0. The number of amides is 2. The quantitative estimate of drug-likeness (QED) is 0.623. The van der Waals surface area contributed by atoms with Crippen LogP contribution in [0.1, 0.15) is 40.0 Å². The minimum absolute atomic E-state index is 0.000734. The Morgan fingerprint density at radius 1 is 1.13 bits per heavy atom. The van der Waals surface area contributed by atoms with Crippen molar-refractivity contribution in [2.45, 2.75) is 40.0 Å². The molecule has 0 aliphatic heterocycles. The molecule has 0 aliphatic carbocycles. The Hall–Kier alpha value is -1.06. The highest BCUT2D eigenvalue weighted by molar-refractivity contribution is 5.78. The maximum absolute atomic E-state index is 11.2. The third-order valence-corrected chi connectivity index (χ3v) is 2.03. The fraction of sp³-hybridized carbons (Fsp3) is 0.818. The molecular weight excluding hydrogens is 192 g/mol. The van der Waals surface area contributed by atoms with Crippen molar-refractivity contribution in [1.82, 2.24) is 10.6 Å². The van der Waals surface area contributed by atoms with Gasteiger partial charge in [0.05, 0.1) is 0 Å². The van der Waals surface area contributed by atoms with Crippen LogP contribution >= 0.6 is 0 Å². The molecule has 0 aromatic carbocycles. The molecule has 0 spiro atoms. The van der Waals surface area contributed by atoms with E-state index in [0.29, 0.717) is 19.5 Å². The highest BCUT2D eigenvalue weighted by atomic mass is 16.2. The average molecular weight is 214 g/mol. The van der Waals surface area contributed by atoms with E-state index in [2.05, 4.69) is 17.6 Å². The van der Waals surface area contributed by atoms with E-state index in [0.717, 1.165) is 12.8 Å². The van der Waals surface area contributed by atoms with E-state index in [9.17, 15) is 9.59 Å². The van der Waals surface area contributed by atoms with Crippen LogP contribution in [-0.4, -0.2) is 24.9 Å². The lowest BCUT2D eigenvalue weighted by molar-refractivity contribution is -0.124. The second kappa shape index (κ2) is 8.26. The summed E-state index contributed by atoms with van der Waals surface area (Å²) in [6.07, 6.45) is 2.52. The number of hydrogen-bond acceptors (Lipinski definition) is 2. The van der Waals surface area contributed by atoms with Crippen LogP contribution in [0.2, 0.25) is 0 Å². The highest BCUT2D eigenvalue weighted by Crippen LogP contribution is 1.92. The predicted octanol–water partition coefficient (Wildman–Crippen LogP) is 1.06. The van der Waals surface area contributed by atoms with Crippen molar-refractivity contribution in [3.05, 3.63) is 0 Å². The van der Waals surface area contributed by atoms with Crippen LogP contribution in [0.5, 0.6) is 0 Å². The van der Waals surface area contributed by atoms with Gasteiger partial charge < -0.3 is 10.6 Å². The molecule has 0 saturated carbocycles. The Morgan fingerprint density at radius 3 is 2.27 bits per heavy atom. The number of carbonyl (C=O) groups excluding carboxylic acids is 2. The zero-order valence-electron chi connectivity index (χ0n) is 9.93. The summed E-state index contributed by atoms with van der Waals surface area (Å²) in [6, 6.07) is 0. The summed E-state index contributed by atoms with van der Waals surface area (Å²) < 4.78 is 0. The molecule has 0 bridgehead atoms. The topological polar surface area (TPSA) is 58.2 Å². The van der Waals surface area contributed by atoms with Gasteiger partial charge in [-0.3, -0.25) is 9.59 Å². The molecule has 0 aromatic heterocycles. The normalized spacial score (nSPS) is 10.1. The molecule has 0 saturated heterocycles. The van der Waals surface area contributed by atoms with Gasteiger partial charge in [-0.15, -0.1) is 0 Å². The number of rotatable bonds is 7. The number of unbranched alkanes of at least 4 members (excludes halogenated alkanes) is 1. The number of hydrogen-bond donors (Lipinski definition) is 2. The third-order valence-electron chi connectivity index (χ3n) is 2.03. The molecule has 0 aromatic rings. The van der Waals surface area contributed by atoms with Gasteiger partial charge in [0, 0.05) is 25.4 Å². The molecule has 0 fully saturated rings. The van der Waals surface area contributed by atoms with Crippen molar-refractivity contribution >= 4 is 11.8 Å². The Morgan fingerprint density at radius 2 is 1.73 bits per heavy atom. The van der Waals surface area contributed by atoms with E-state index < -0.39 is 0 Å². The van der Waals surface area contributed by atoms with Crippen LogP contribution < -0.4 is 10.6 Å². The Bertz CT molecular complexity index is 203. The SMILES string of the molecule is CCCCC(=O)NCCNC(=O)C(C)C. The van der Waals surface area contributed by atoms with Crippen molar-refractivity contribution in [3.8, 4) is 0 Å². The molecule has 0 aliphatic rings. The van der Waals surface area contributed by atoms with Crippen molar-refractivity contribution in [1.29, 1.82) is 0 Å². The number of carbonyl (C=O) groups is 2. The van der Waals surface area contributed by atoms with Gasteiger partial charge in [-0.2, -0.15) is 0 Å². The Balaban J connectivity index is 3.38. The molecule has 0 radical (unpaired) electrons. The largest absolute Gasteiger partial charge is 0.354 e. The average Bonchev–Trinajstić information content (AvgIpc) is 2.20. The van der Waals surface area contributed by atoms with Gasteiger partial charge in [-0.05, 0) is 6.42 Å². The maximum atomic E-state index is 11.2. The first-order valence-electron chi connectivity index (χ1n) is 5.62. The smallest absolute Gasteiger partial charge is 0.222 e. The van der Waals surface area contributed by atoms with Crippen LogP contribution in [0.4, 0.5) is 0 Å². The van der Waals surface area contributed by atoms with Gasteiger partial charge in [-0.25, -0.2) is 0 Å². The summed E-state index contributed by atoms with van der Waals surface area (Å²) in [5, 5.41) is 5.50. The first-order valence-corrected chi connectivity index (χ1v) is 5.62. The van der Waals surface area contributed by atoms with Crippen molar-refractivity contribution in [2.75, 3.05) is 13.1 Å². The predicted molar refractivity (Wildman–Crippen MR) is 60.4 cm³/mol. The molecule has 0 rings (SSSR count). The van der Waals surface area contributed by atoms with E-state index >= 15 is 0 Å². The molecular formula is C11H22N2O2. The van der Waals surface area contributed by atoms with Crippen LogP contribution in [0, 0.1) is 5.92 Å². The van der Waals surface area contributed by atoms with Crippen LogP contribution in [0.15, 0.2) is 0 Å². The summed E-state index contributed by atoms with van der Waals surface area (Å²) in [7, 11) is 0. The fourth-order valence-corrected chi connectivity index (χ4v) is 1.02. The van der Waals surface area contributed by atoms with E-state index in [-0.39, 0.29) is 17.7 Å². The van der Waals surface area contributed by atoms with Crippen molar-refractivity contribution < 1.29 is 9.59 Å². The lowest BCUT2D eigenvalue weighted by atomic mass is 10.2. The third kappa shape index (κ3) is 7.97. The molecule has 4 nitrogen and oxygen atoms in total. The van der Waals surface area contributed by atoms with Crippen molar-refractivity contribution in [3.63, 3.8) is 0 Å². The van der Waals surface area contributed by atoms with Crippen LogP contribution in [-0.2, 0) is 9.59 Å². The second-order valence-electron chi connectivity index (χ2n) is 3.90. The van der Waals surface area contributed by atoms with E-state index in [4.69, 9.17) is 0 Å². The lowest BCUT2D eigenvalue weighted by Crippen LogP contribution is -2.36. The van der Waals surface area contributed by atoms with Crippen molar-refractivity contribution in [2.24, 2.45) is 5.92 Å². The zero-order valence-corrected chi connectivity index (χ0v) is 9.93. The lowest BCUT2D eigenvalue weighted by Gasteiger charge is -2.08. The van der Waals surface area contributed by atoms with E-state index in [1.54, 1.807) is 0 Å². The summed E-state index contributed by atoms with van der Waals surface area (Å²) in [5.74, 6) is 0.0919. The summed E-state index contributed by atoms with van der Waals surface area (Å²) in [6.45, 7) is 6.76. The van der Waals surface area contributed by atoms with Crippen LogP contribution in [0.3, 0.4) is 0 Å². The van der Waals surface area contributed by atoms with Gasteiger partial charge in [-0.1, -0.05) is 27.2 Å². The zero-order chi connectivity index (χ0) is 11.7. The molecule has 2 amide bonds. The number of nitrogens with one attached hydrogen (secondary N) is 2. The van der Waals surface area contributed by atoms with Crippen LogP contribution in [0.25, 0.3) is 0 Å². The van der Waals surface area contributed by atoms with E-state index in [1.165, 1.54) is 0 Å². The molecule has 2 N–H and O–H groups in total. The van der Waals surface area contributed by atoms with Gasteiger partial charge >= 0.3 is 0 Å². The van der Waals surface area contributed by atoms with Gasteiger partial charge in [0.15, 0.2) is 0 Å². The molecule has 0 heterocycles.